The zero-order valence-electron chi connectivity index (χ0n) is 24.9. The zero-order valence-corrected chi connectivity index (χ0v) is 24.9. The molecule has 0 fully saturated rings. The Morgan fingerprint density at radius 3 is 2.33 bits per heavy atom. The molecule has 9 nitrogen and oxygen atoms in total. The minimum atomic E-state index is -0.745. The first-order valence-corrected chi connectivity index (χ1v) is 14.5. The fourth-order valence-corrected chi connectivity index (χ4v) is 5.66. The number of hydrogen-bond acceptors (Lipinski definition) is 6. The van der Waals surface area contributed by atoms with Crippen LogP contribution < -0.4 is 10.6 Å². The highest BCUT2D eigenvalue weighted by Crippen LogP contribution is 2.32. The van der Waals surface area contributed by atoms with Gasteiger partial charge in [0.1, 0.15) is 11.6 Å². The first kappa shape index (κ1) is 29.8. The Labute approximate surface area is 251 Å². The Morgan fingerprint density at radius 2 is 1.60 bits per heavy atom. The van der Waals surface area contributed by atoms with E-state index in [2.05, 4.69) is 22.8 Å². The lowest BCUT2D eigenvalue weighted by Crippen LogP contribution is -2.54. The summed E-state index contributed by atoms with van der Waals surface area (Å²) in [6.07, 6.45) is 2.56. The molecule has 0 aromatic heterocycles. The van der Waals surface area contributed by atoms with Gasteiger partial charge in [-0.1, -0.05) is 30.3 Å². The summed E-state index contributed by atoms with van der Waals surface area (Å²) in [6, 6.07) is 19.0. The van der Waals surface area contributed by atoms with Gasteiger partial charge >= 0.3 is 12.1 Å². The van der Waals surface area contributed by atoms with Crippen LogP contribution in [0.1, 0.15) is 82.6 Å². The molecule has 2 aliphatic rings. The number of ether oxygens (including phenoxy) is 2. The van der Waals surface area contributed by atoms with Crippen molar-refractivity contribution >= 4 is 29.6 Å². The summed E-state index contributed by atoms with van der Waals surface area (Å²) in [6.45, 7) is 5.54. The van der Waals surface area contributed by atoms with E-state index in [4.69, 9.17) is 9.47 Å². The predicted octanol–water partition coefficient (Wildman–Crippen LogP) is 5.58. The summed E-state index contributed by atoms with van der Waals surface area (Å²) in [7, 11) is 1.30. The third-order valence-corrected chi connectivity index (χ3v) is 7.78. The van der Waals surface area contributed by atoms with Gasteiger partial charge in [-0.25, -0.2) is 9.59 Å². The molecule has 2 atom stereocenters. The molecule has 0 spiro atoms. The fraction of sp³-hybridized carbons (Fsp3) is 0.353. The highest BCUT2D eigenvalue weighted by molar-refractivity contribution is 6.05. The smallest absolute Gasteiger partial charge is 0.411 e. The van der Waals surface area contributed by atoms with E-state index in [0.29, 0.717) is 23.2 Å². The van der Waals surface area contributed by atoms with Crippen LogP contribution in [-0.2, 0) is 33.7 Å². The maximum absolute atomic E-state index is 13.8. The van der Waals surface area contributed by atoms with Crippen molar-refractivity contribution in [1.82, 2.24) is 10.2 Å². The van der Waals surface area contributed by atoms with Crippen LogP contribution >= 0.6 is 0 Å². The van der Waals surface area contributed by atoms with Gasteiger partial charge in [-0.05, 0) is 98.7 Å². The molecule has 5 rings (SSSR count). The van der Waals surface area contributed by atoms with Crippen molar-refractivity contribution in [2.45, 2.75) is 70.7 Å². The molecule has 1 aliphatic heterocycles. The summed E-state index contributed by atoms with van der Waals surface area (Å²) < 4.78 is 10.4. The van der Waals surface area contributed by atoms with Crippen molar-refractivity contribution < 1.29 is 28.7 Å². The second-order valence-corrected chi connectivity index (χ2v) is 12.0. The van der Waals surface area contributed by atoms with Gasteiger partial charge in [0.15, 0.2) is 0 Å². The highest BCUT2D eigenvalue weighted by atomic mass is 16.6. The normalized spacial score (nSPS) is 17.6. The Morgan fingerprint density at radius 1 is 0.884 bits per heavy atom. The number of nitrogens with one attached hydrogen (secondary N) is 2. The molecule has 1 unspecified atom stereocenters. The number of esters is 1. The number of amides is 3. The summed E-state index contributed by atoms with van der Waals surface area (Å²) in [5.41, 5.74) is 4.64. The van der Waals surface area contributed by atoms with Crippen molar-refractivity contribution in [3.05, 3.63) is 100 Å². The van der Waals surface area contributed by atoms with Crippen LogP contribution in [0.3, 0.4) is 0 Å². The minimum Gasteiger partial charge on any atom is -0.465 e. The fourth-order valence-electron chi connectivity index (χ4n) is 5.66. The second kappa shape index (κ2) is 12.3. The third-order valence-electron chi connectivity index (χ3n) is 7.78. The Balaban J connectivity index is 1.35. The van der Waals surface area contributed by atoms with Crippen LogP contribution in [-0.4, -0.2) is 47.5 Å². The number of carbonyl (C=O) groups is 4. The lowest BCUT2D eigenvalue weighted by Gasteiger charge is -2.38. The number of hydrogen-bond donors (Lipinski definition) is 2. The lowest BCUT2D eigenvalue weighted by molar-refractivity contribution is -0.128. The van der Waals surface area contributed by atoms with Gasteiger partial charge in [-0.2, -0.15) is 0 Å². The monoisotopic (exact) mass is 583 g/mol. The van der Waals surface area contributed by atoms with Gasteiger partial charge in [0.25, 0.3) is 5.91 Å². The Bertz CT molecular complexity index is 1540. The molecular weight excluding hydrogens is 546 g/mol. The molecule has 0 saturated carbocycles. The number of benzene rings is 3. The van der Waals surface area contributed by atoms with Crippen LogP contribution in [0.25, 0.3) is 0 Å². The molecule has 3 amide bonds. The average molecular weight is 584 g/mol. The van der Waals surface area contributed by atoms with Crippen molar-refractivity contribution in [3.8, 4) is 0 Å². The number of aryl methyl sites for hydroxylation is 1. The van der Waals surface area contributed by atoms with Crippen LogP contribution in [0.4, 0.5) is 10.5 Å². The molecule has 1 aliphatic carbocycles. The van der Waals surface area contributed by atoms with Crippen LogP contribution in [0, 0.1) is 0 Å². The Kier molecular flexibility index (Phi) is 8.52. The molecular formula is C34H37N3O6. The molecule has 1 heterocycles. The SMILES string of the molecule is COC(=O)c1ccc(C(=O)Nc2ccc3c(c2)CN(C(=O)OC(C)(C)C)[C@H](C(=O)NC2CCCc4ccccc42)C3)cc1. The van der Waals surface area contributed by atoms with Gasteiger partial charge in [0.2, 0.25) is 5.91 Å². The molecule has 9 heteroatoms. The largest absolute Gasteiger partial charge is 0.465 e. The summed E-state index contributed by atoms with van der Waals surface area (Å²) in [5.74, 6) is -1.04. The van der Waals surface area contributed by atoms with E-state index < -0.39 is 23.7 Å². The summed E-state index contributed by atoms with van der Waals surface area (Å²) in [5, 5.41) is 6.10. The van der Waals surface area contributed by atoms with Crippen LogP contribution in [0.15, 0.2) is 66.7 Å². The number of methoxy groups -OCH3 is 1. The van der Waals surface area contributed by atoms with Gasteiger partial charge in [0.05, 0.1) is 25.3 Å². The van der Waals surface area contributed by atoms with E-state index in [1.165, 1.54) is 29.7 Å². The molecule has 2 N–H and O–H groups in total. The van der Waals surface area contributed by atoms with E-state index in [-0.39, 0.29) is 24.4 Å². The van der Waals surface area contributed by atoms with Crippen molar-refractivity contribution in [2.24, 2.45) is 0 Å². The van der Waals surface area contributed by atoms with Gasteiger partial charge in [-0.3, -0.25) is 14.5 Å². The molecule has 224 valence electrons. The van der Waals surface area contributed by atoms with Crippen LogP contribution in [0.2, 0.25) is 0 Å². The maximum atomic E-state index is 13.8. The predicted molar refractivity (Wildman–Crippen MR) is 162 cm³/mol. The molecule has 43 heavy (non-hydrogen) atoms. The van der Waals surface area contributed by atoms with E-state index in [9.17, 15) is 19.2 Å². The van der Waals surface area contributed by atoms with Gasteiger partial charge in [0, 0.05) is 17.7 Å². The number of carbonyl (C=O) groups excluding carboxylic acids is 4. The van der Waals surface area contributed by atoms with Gasteiger partial charge in [-0.15, -0.1) is 0 Å². The Hall–Kier alpha value is -4.66. The quantitative estimate of drug-likeness (QED) is 0.379. The average Bonchev–Trinajstić information content (AvgIpc) is 2.99. The molecule has 3 aromatic carbocycles. The second-order valence-electron chi connectivity index (χ2n) is 12.0. The first-order chi connectivity index (χ1) is 20.5. The van der Waals surface area contributed by atoms with E-state index in [1.54, 1.807) is 39.0 Å². The van der Waals surface area contributed by atoms with E-state index in [0.717, 1.165) is 36.0 Å². The molecule has 0 bridgehead atoms. The number of rotatable bonds is 5. The van der Waals surface area contributed by atoms with Crippen molar-refractivity contribution in [1.29, 1.82) is 0 Å². The summed E-state index contributed by atoms with van der Waals surface area (Å²) in [4.78, 5) is 53.3. The van der Waals surface area contributed by atoms with Crippen molar-refractivity contribution in [2.75, 3.05) is 12.4 Å². The van der Waals surface area contributed by atoms with E-state index >= 15 is 0 Å². The van der Waals surface area contributed by atoms with E-state index in [1.807, 2.05) is 24.3 Å². The topological polar surface area (TPSA) is 114 Å². The number of fused-ring (bicyclic) bond motifs is 2. The van der Waals surface area contributed by atoms with Gasteiger partial charge < -0.3 is 20.1 Å². The minimum absolute atomic E-state index is 0.112. The standard InChI is InChI=1S/C34H37N3O6/c1-34(2,3)43-33(41)37-20-25-18-26(35-30(38)22-12-14-23(15-13-22)32(40)42-4)17-16-24(25)19-29(37)31(39)36-28-11-7-9-21-8-5-6-10-27(21)28/h5-6,8,10,12-18,28-29H,7,9,11,19-20H2,1-4H3,(H,35,38)(H,36,39)/t28?,29-/m0/s1. The highest BCUT2D eigenvalue weighted by Gasteiger charge is 2.38. The summed E-state index contributed by atoms with van der Waals surface area (Å²) >= 11 is 0. The lowest BCUT2D eigenvalue weighted by atomic mass is 9.87. The number of anilines is 1. The third kappa shape index (κ3) is 6.88. The zero-order chi connectivity index (χ0) is 30.7. The first-order valence-electron chi connectivity index (χ1n) is 14.5. The van der Waals surface area contributed by atoms with Crippen LogP contribution in [0.5, 0.6) is 0 Å². The van der Waals surface area contributed by atoms with Crippen molar-refractivity contribution in [3.63, 3.8) is 0 Å². The molecule has 0 saturated heterocycles. The maximum Gasteiger partial charge on any atom is 0.411 e. The molecule has 0 radical (unpaired) electrons. The molecule has 3 aromatic rings. The number of nitrogens with zero attached hydrogens (tertiary/aromatic N) is 1.